The third-order valence-corrected chi connectivity index (χ3v) is 5.88. The maximum absolute atomic E-state index is 12.8. The minimum Gasteiger partial charge on any atom is -0.354 e. The maximum Gasteiger partial charge on any atom is 0.243 e. The summed E-state index contributed by atoms with van der Waals surface area (Å²) in [4.78, 5) is 23.4. The van der Waals surface area contributed by atoms with E-state index >= 15 is 0 Å². The Balaban J connectivity index is 2.12. The Morgan fingerprint density at radius 2 is 1.84 bits per heavy atom. The Labute approximate surface area is 148 Å². The van der Waals surface area contributed by atoms with Crippen molar-refractivity contribution in [3.63, 3.8) is 0 Å². The SMILES string of the molecule is CC(=O)Nc1ccc(S(=O)(=O)N2CCCC(C(=O)NC(C)C)C2)cc1. The quantitative estimate of drug-likeness (QED) is 0.826. The van der Waals surface area contributed by atoms with Gasteiger partial charge in [-0.3, -0.25) is 9.59 Å². The highest BCUT2D eigenvalue weighted by molar-refractivity contribution is 7.89. The van der Waals surface area contributed by atoms with Crippen molar-refractivity contribution < 1.29 is 18.0 Å². The third kappa shape index (κ3) is 5.02. The van der Waals surface area contributed by atoms with Gasteiger partial charge in [0.05, 0.1) is 10.8 Å². The molecule has 1 aliphatic rings. The van der Waals surface area contributed by atoms with Crippen LogP contribution >= 0.6 is 0 Å². The van der Waals surface area contributed by atoms with Gasteiger partial charge in [0, 0.05) is 31.7 Å². The summed E-state index contributed by atoms with van der Waals surface area (Å²) < 4.78 is 27.0. The minimum absolute atomic E-state index is 0.0285. The van der Waals surface area contributed by atoms with Crippen molar-refractivity contribution in [1.82, 2.24) is 9.62 Å². The number of amides is 2. The lowest BCUT2D eigenvalue weighted by molar-refractivity contribution is -0.126. The van der Waals surface area contributed by atoms with Crippen LogP contribution in [-0.4, -0.2) is 43.7 Å². The van der Waals surface area contributed by atoms with Gasteiger partial charge in [-0.05, 0) is 51.0 Å². The second kappa shape index (κ2) is 7.97. The summed E-state index contributed by atoms with van der Waals surface area (Å²) in [5.41, 5.74) is 0.541. The van der Waals surface area contributed by atoms with Gasteiger partial charge >= 0.3 is 0 Å². The van der Waals surface area contributed by atoms with Crippen LogP contribution in [0.5, 0.6) is 0 Å². The number of rotatable bonds is 5. The summed E-state index contributed by atoms with van der Waals surface area (Å²) >= 11 is 0. The van der Waals surface area contributed by atoms with Crippen LogP contribution in [0.2, 0.25) is 0 Å². The zero-order valence-corrected chi connectivity index (χ0v) is 15.6. The molecule has 1 aromatic rings. The molecule has 0 saturated carbocycles. The minimum atomic E-state index is -3.66. The number of hydrogen-bond acceptors (Lipinski definition) is 4. The molecule has 0 aromatic heterocycles. The fourth-order valence-electron chi connectivity index (χ4n) is 2.84. The second-order valence-corrected chi connectivity index (χ2v) is 8.51. The summed E-state index contributed by atoms with van der Waals surface area (Å²) in [7, 11) is -3.66. The van der Waals surface area contributed by atoms with E-state index in [1.165, 1.54) is 23.4 Å². The number of nitrogens with zero attached hydrogens (tertiary/aromatic N) is 1. The number of carbonyl (C=O) groups is 2. The summed E-state index contributed by atoms with van der Waals surface area (Å²) in [6.45, 7) is 5.74. The predicted molar refractivity (Wildman–Crippen MR) is 95.5 cm³/mol. The smallest absolute Gasteiger partial charge is 0.243 e. The molecule has 0 bridgehead atoms. The Morgan fingerprint density at radius 1 is 1.20 bits per heavy atom. The molecule has 1 saturated heterocycles. The highest BCUT2D eigenvalue weighted by Gasteiger charge is 2.33. The molecule has 1 aliphatic heterocycles. The zero-order valence-electron chi connectivity index (χ0n) is 14.8. The van der Waals surface area contributed by atoms with Crippen molar-refractivity contribution in [2.45, 2.75) is 44.6 Å². The third-order valence-electron chi connectivity index (χ3n) is 4.00. The van der Waals surface area contributed by atoms with Crippen molar-refractivity contribution in [2.24, 2.45) is 5.92 Å². The molecule has 1 atom stereocenters. The molecule has 2 rings (SSSR count). The van der Waals surface area contributed by atoms with E-state index < -0.39 is 10.0 Å². The molecule has 1 unspecified atom stereocenters. The fourth-order valence-corrected chi connectivity index (χ4v) is 4.36. The first-order valence-electron chi connectivity index (χ1n) is 8.38. The molecule has 2 N–H and O–H groups in total. The summed E-state index contributed by atoms with van der Waals surface area (Å²) in [6.07, 6.45) is 1.34. The number of piperidine rings is 1. The van der Waals surface area contributed by atoms with Crippen LogP contribution in [0.25, 0.3) is 0 Å². The van der Waals surface area contributed by atoms with E-state index in [9.17, 15) is 18.0 Å². The largest absolute Gasteiger partial charge is 0.354 e. The Bertz CT molecular complexity index is 729. The topological polar surface area (TPSA) is 95.6 Å². The molecule has 0 spiro atoms. The molecule has 1 heterocycles. The molecular weight excluding hydrogens is 342 g/mol. The average molecular weight is 367 g/mol. The second-order valence-electron chi connectivity index (χ2n) is 6.57. The predicted octanol–water partition coefficient (Wildman–Crippen LogP) is 1.57. The summed E-state index contributed by atoms with van der Waals surface area (Å²) in [5.74, 6) is -0.647. The van der Waals surface area contributed by atoms with Crippen LogP contribution in [0.4, 0.5) is 5.69 Å². The number of nitrogens with one attached hydrogen (secondary N) is 2. The van der Waals surface area contributed by atoms with Crippen molar-refractivity contribution in [2.75, 3.05) is 18.4 Å². The van der Waals surface area contributed by atoms with Crippen molar-refractivity contribution in [1.29, 1.82) is 0 Å². The molecule has 138 valence electrons. The lowest BCUT2D eigenvalue weighted by Crippen LogP contribution is -2.46. The van der Waals surface area contributed by atoms with Gasteiger partial charge < -0.3 is 10.6 Å². The number of hydrogen-bond donors (Lipinski definition) is 2. The van der Waals surface area contributed by atoms with E-state index in [1.807, 2.05) is 13.8 Å². The van der Waals surface area contributed by atoms with Crippen LogP contribution < -0.4 is 10.6 Å². The zero-order chi connectivity index (χ0) is 18.6. The summed E-state index contributed by atoms with van der Waals surface area (Å²) in [6, 6.07) is 6.08. The highest BCUT2D eigenvalue weighted by Crippen LogP contribution is 2.25. The first-order chi connectivity index (χ1) is 11.7. The average Bonchev–Trinajstić information content (AvgIpc) is 2.54. The lowest BCUT2D eigenvalue weighted by atomic mass is 9.98. The number of benzene rings is 1. The van der Waals surface area contributed by atoms with Gasteiger partial charge in [-0.2, -0.15) is 4.31 Å². The molecule has 8 heteroatoms. The normalized spacial score (nSPS) is 18.8. The molecule has 0 aliphatic carbocycles. The van der Waals surface area contributed by atoms with E-state index in [4.69, 9.17) is 0 Å². The monoisotopic (exact) mass is 367 g/mol. The highest BCUT2D eigenvalue weighted by atomic mass is 32.2. The van der Waals surface area contributed by atoms with E-state index in [0.29, 0.717) is 25.1 Å². The maximum atomic E-state index is 12.8. The summed E-state index contributed by atoms with van der Waals surface area (Å²) in [5, 5.41) is 5.45. The lowest BCUT2D eigenvalue weighted by Gasteiger charge is -2.31. The molecular formula is C17H25N3O4S. The van der Waals surface area contributed by atoms with Gasteiger partial charge in [0.15, 0.2) is 0 Å². The van der Waals surface area contributed by atoms with E-state index in [-0.39, 0.29) is 35.2 Å². The molecule has 7 nitrogen and oxygen atoms in total. The van der Waals surface area contributed by atoms with Gasteiger partial charge in [-0.25, -0.2) is 8.42 Å². The molecule has 2 amide bonds. The molecule has 1 fully saturated rings. The van der Waals surface area contributed by atoms with Crippen molar-refractivity contribution in [3.05, 3.63) is 24.3 Å². The first kappa shape index (κ1) is 19.4. The van der Waals surface area contributed by atoms with Crippen LogP contribution in [0.3, 0.4) is 0 Å². The Morgan fingerprint density at radius 3 is 2.40 bits per heavy atom. The molecule has 0 radical (unpaired) electrons. The molecule has 1 aromatic carbocycles. The van der Waals surface area contributed by atoms with Gasteiger partial charge in [-0.15, -0.1) is 0 Å². The Hall–Kier alpha value is -1.93. The van der Waals surface area contributed by atoms with Crippen LogP contribution in [0.1, 0.15) is 33.6 Å². The van der Waals surface area contributed by atoms with E-state index in [0.717, 1.165) is 0 Å². The van der Waals surface area contributed by atoms with E-state index in [1.54, 1.807) is 12.1 Å². The number of anilines is 1. The van der Waals surface area contributed by atoms with Crippen LogP contribution in [0.15, 0.2) is 29.2 Å². The Kier molecular flexibility index (Phi) is 6.18. The molecule has 25 heavy (non-hydrogen) atoms. The van der Waals surface area contributed by atoms with Crippen LogP contribution in [0, 0.1) is 5.92 Å². The standard InChI is InChI=1S/C17H25N3O4S/c1-12(2)18-17(22)14-5-4-10-20(11-14)25(23,24)16-8-6-15(7-9-16)19-13(3)21/h6-9,12,14H,4-5,10-11H2,1-3H3,(H,18,22)(H,19,21). The van der Waals surface area contributed by atoms with Gasteiger partial charge in [-0.1, -0.05) is 0 Å². The fraction of sp³-hybridized carbons (Fsp3) is 0.529. The van der Waals surface area contributed by atoms with Crippen molar-refractivity contribution >= 4 is 27.5 Å². The van der Waals surface area contributed by atoms with E-state index in [2.05, 4.69) is 10.6 Å². The van der Waals surface area contributed by atoms with Crippen LogP contribution in [-0.2, 0) is 19.6 Å². The van der Waals surface area contributed by atoms with Gasteiger partial charge in [0.2, 0.25) is 21.8 Å². The van der Waals surface area contributed by atoms with Gasteiger partial charge in [0.1, 0.15) is 0 Å². The van der Waals surface area contributed by atoms with Crippen molar-refractivity contribution in [3.8, 4) is 0 Å². The first-order valence-corrected chi connectivity index (χ1v) is 9.82. The number of carbonyl (C=O) groups excluding carboxylic acids is 2. The number of sulfonamides is 1. The van der Waals surface area contributed by atoms with Gasteiger partial charge in [0.25, 0.3) is 0 Å².